The monoisotopic (exact) mass is 332 g/mol. The fourth-order valence-electron chi connectivity index (χ4n) is 1.38. The third kappa shape index (κ3) is 3.21. The van der Waals surface area contributed by atoms with E-state index in [1.807, 2.05) is 0 Å². The molecular formula is C13H8BrClF2O. The van der Waals surface area contributed by atoms with Gasteiger partial charge in [-0.25, -0.2) is 8.78 Å². The van der Waals surface area contributed by atoms with Crippen LogP contribution in [0.15, 0.2) is 40.9 Å². The zero-order valence-electron chi connectivity index (χ0n) is 9.09. The lowest BCUT2D eigenvalue weighted by Gasteiger charge is -2.08. The van der Waals surface area contributed by atoms with Crippen LogP contribution >= 0.6 is 27.5 Å². The Hall–Kier alpha value is -1.13. The molecular weight excluding hydrogens is 325 g/mol. The first-order chi connectivity index (χ1) is 8.56. The molecule has 2 aromatic rings. The Morgan fingerprint density at radius 2 is 1.83 bits per heavy atom. The maximum Gasteiger partial charge on any atom is 0.159 e. The van der Waals surface area contributed by atoms with Gasteiger partial charge in [-0.15, -0.1) is 0 Å². The van der Waals surface area contributed by atoms with Crippen LogP contribution in [0.4, 0.5) is 8.78 Å². The molecule has 0 fully saturated rings. The highest BCUT2D eigenvalue weighted by Crippen LogP contribution is 2.28. The van der Waals surface area contributed by atoms with Gasteiger partial charge in [-0.1, -0.05) is 33.6 Å². The van der Waals surface area contributed by atoms with E-state index in [4.69, 9.17) is 16.3 Å². The first-order valence-corrected chi connectivity index (χ1v) is 6.25. The molecule has 0 unspecified atom stereocenters. The molecule has 0 aliphatic rings. The van der Waals surface area contributed by atoms with Gasteiger partial charge in [0, 0.05) is 4.47 Å². The summed E-state index contributed by atoms with van der Waals surface area (Å²) < 4.78 is 32.0. The van der Waals surface area contributed by atoms with E-state index in [0.29, 0.717) is 16.3 Å². The average Bonchev–Trinajstić information content (AvgIpc) is 2.34. The highest BCUT2D eigenvalue weighted by molar-refractivity contribution is 9.10. The van der Waals surface area contributed by atoms with Gasteiger partial charge in [0.1, 0.15) is 12.4 Å². The van der Waals surface area contributed by atoms with Crippen LogP contribution in [0.25, 0.3) is 0 Å². The number of hydrogen-bond donors (Lipinski definition) is 0. The summed E-state index contributed by atoms with van der Waals surface area (Å²) in [5.74, 6) is -1.29. The molecule has 0 radical (unpaired) electrons. The van der Waals surface area contributed by atoms with Crippen molar-refractivity contribution in [2.45, 2.75) is 6.61 Å². The summed E-state index contributed by atoms with van der Waals surface area (Å²) >= 11 is 9.23. The van der Waals surface area contributed by atoms with Gasteiger partial charge in [0.05, 0.1) is 5.02 Å². The first kappa shape index (κ1) is 13.3. The summed E-state index contributed by atoms with van der Waals surface area (Å²) in [5.41, 5.74) is 0.532. The minimum Gasteiger partial charge on any atom is -0.487 e. The van der Waals surface area contributed by atoms with Gasteiger partial charge in [0.15, 0.2) is 11.6 Å². The second-order valence-electron chi connectivity index (χ2n) is 3.61. The van der Waals surface area contributed by atoms with E-state index in [9.17, 15) is 8.78 Å². The van der Waals surface area contributed by atoms with Crippen molar-refractivity contribution in [3.8, 4) is 5.75 Å². The van der Waals surface area contributed by atoms with Gasteiger partial charge in [-0.3, -0.25) is 0 Å². The highest BCUT2D eigenvalue weighted by atomic mass is 79.9. The largest absolute Gasteiger partial charge is 0.487 e. The van der Waals surface area contributed by atoms with Crippen molar-refractivity contribution in [2.75, 3.05) is 0 Å². The predicted octanol–water partition coefficient (Wildman–Crippen LogP) is 4.96. The zero-order chi connectivity index (χ0) is 13.1. The zero-order valence-corrected chi connectivity index (χ0v) is 11.4. The summed E-state index contributed by atoms with van der Waals surface area (Å²) in [4.78, 5) is 0. The van der Waals surface area contributed by atoms with Crippen molar-refractivity contribution >= 4 is 27.5 Å². The molecule has 18 heavy (non-hydrogen) atoms. The Morgan fingerprint density at radius 3 is 2.56 bits per heavy atom. The molecule has 2 rings (SSSR count). The lowest BCUT2D eigenvalue weighted by atomic mass is 10.2. The van der Waals surface area contributed by atoms with Crippen LogP contribution < -0.4 is 4.74 Å². The molecule has 5 heteroatoms. The van der Waals surface area contributed by atoms with Crippen molar-refractivity contribution < 1.29 is 13.5 Å². The quantitative estimate of drug-likeness (QED) is 0.771. The summed E-state index contributed by atoms with van der Waals surface area (Å²) in [6.07, 6.45) is 0. The van der Waals surface area contributed by atoms with Crippen LogP contribution in [0.3, 0.4) is 0 Å². The van der Waals surface area contributed by atoms with Crippen LogP contribution in [-0.4, -0.2) is 0 Å². The molecule has 0 saturated carbocycles. The summed E-state index contributed by atoms with van der Waals surface area (Å²) in [6, 6.07) is 8.81. The van der Waals surface area contributed by atoms with Crippen molar-refractivity contribution in [3.63, 3.8) is 0 Å². The fraction of sp³-hybridized carbons (Fsp3) is 0.0769. The fourth-order valence-corrected chi connectivity index (χ4v) is 1.89. The lowest BCUT2D eigenvalue weighted by Crippen LogP contribution is -1.97. The van der Waals surface area contributed by atoms with E-state index in [0.717, 1.165) is 16.6 Å². The number of hydrogen-bond acceptors (Lipinski definition) is 1. The Labute approximate surface area is 116 Å². The summed E-state index contributed by atoms with van der Waals surface area (Å²) in [6.45, 7) is 0.118. The van der Waals surface area contributed by atoms with Crippen molar-refractivity contribution in [3.05, 3.63) is 63.1 Å². The predicted molar refractivity (Wildman–Crippen MR) is 69.8 cm³/mol. The van der Waals surface area contributed by atoms with Crippen LogP contribution in [-0.2, 0) is 6.61 Å². The van der Waals surface area contributed by atoms with Gasteiger partial charge < -0.3 is 4.74 Å². The first-order valence-electron chi connectivity index (χ1n) is 5.08. The minimum atomic E-state index is -0.892. The van der Waals surface area contributed by atoms with E-state index < -0.39 is 11.6 Å². The van der Waals surface area contributed by atoms with E-state index >= 15 is 0 Å². The van der Waals surface area contributed by atoms with Gasteiger partial charge in [-0.2, -0.15) is 0 Å². The van der Waals surface area contributed by atoms with E-state index in [1.54, 1.807) is 18.2 Å². The molecule has 0 aromatic heterocycles. The minimum absolute atomic E-state index is 0.118. The molecule has 0 N–H and O–H groups in total. The van der Waals surface area contributed by atoms with E-state index in [1.165, 1.54) is 6.07 Å². The third-order valence-electron chi connectivity index (χ3n) is 2.27. The number of halogens is 4. The molecule has 94 valence electrons. The average molecular weight is 334 g/mol. The van der Waals surface area contributed by atoms with Crippen molar-refractivity contribution in [2.24, 2.45) is 0 Å². The molecule has 0 spiro atoms. The van der Waals surface area contributed by atoms with Gasteiger partial charge >= 0.3 is 0 Å². The second-order valence-corrected chi connectivity index (χ2v) is 4.93. The van der Waals surface area contributed by atoms with E-state index in [2.05, 4.69) is 15.9 Å². The molecule has 0 amide bonds. The molecule has 2 aromatic carbocycles. The highest BCUT2D eigenvalue weighted by Gasteiger charge is 2.05. The summed E-state index contributed by atoms with van der Waals surface area (Å²) in [5, 5.41) is 0.459. The van der Waals surface area contributed by atoms with Crippen molar-refractivity contribution in [1.82, 2.24) is 0 Å². The van der Waals surface area contributed by atoms with E-state index in [-0.39, 0.29) is 6.61 Å². The SMILES string of the molecule is Fc1ccc(COc2cc(Br)ccc2Cl)cc1F. The Kier molecular flexibility index (Phi) is 4.19. The van der Waals surface area contributed by atoms with Crippen LogP contribution in [0, 0.1) is 11.6 Å². The topological polar surface area (TPSA) is 9.23 Å². The molecule has 0 aliphatic carbocycles. The van der Waals surface area contributed by atoms with Crippen LogP contribution in [0.1, 0.15) is 5.56 Å². The maximum absolute atomic E-state index is 13.0. The molecule has 0 aliphatic heterocycles. The van der Waals surface area contributed by atoms with Crippen LogP contribution in [0.2, 0.25) is 5.02 Å². The second kappa shape index (κ2) is 5.67. The summed E-state index contributed by atoms with van der Waals surface area (Å²) in [7, 11) is 0. The molecule has 0 atom stereocenters. The molecule has 0 bridgehead atoms. The smallest absolute Gasteiger partial charge is 0.159 e. The molecule has 1 nitrogen and oxygen atoms in total. The standard InChI is InChI=1S/C13H8BrClF2O/c14-9-2-3-10(15)13(6-9)18-7-8-1-4-11(16)12(17)5-8/h1-6H,7H2. The van der Waals surface area contributed by atoms with Gasteiger partial charge in [-0.05, 0) is 35.9 Å². The van der Waals surface area contributed by atoms with Gasteiger partial charge in [0.25, 0.3) is 0 Å². The number of benzene rings is 2. The Bertz CT molecular complexity index is 575. The maximum atomic E-state index is 13.0. The number of rotatable bonds is 3. The van der Waals surface area contributed by atoms with Crippen LogP contribution in [0.5, 0.6) is 5.75 Å². The third-order valence-corrected chi connectivity index (χ3v) is 3.08. The Morgan fingerprint density at radius 1 is 1.06 bits per heavy atom. The molecule has 0 heterocycles. The molecule has 0 saturated heterocycles. The van der Waals surface area contributed by atoms with Gasteiger partial charge in [0.2, 0.25) is 0 Å². The Balaban J connectivity index is 2.11. The number of ether oxygens (including phenoxy) is 1. The normalized spacial score (nSPS) is 10.4. The lowest BCUT2D eigenvalue weighted by molar-refractivity contribution is 0.305. The van der Waals surface area contributed by atoms with Crippen molar-refractivity contribution in [1.29, 1.82) is 0 Å².